The van der Waals surface area contributed by atoms with Gasteiger partial charge >= 0.3 is 0 Å². The number of hydrogen-bond acceptors (Lipinski definition) is 4. The molecule has 0 unspecified atom stereocenters. The summed E-state index contributed by atoms with van der Waals surface area (Å²) in [4.78, 5) is 32.6. The van der Waals surface area contributed by atoms with Gasteiger partial charge in [0.15, 0.2) is 5.65 Å². The van der Waals surface area contributed by atoms with Crippen molar-refractivity contribution >= 4 is 22.6 Å². The van der Waals surface area contributed by atoms with E-state index in [1.807, 2.05) is 34.9 Å². The number of carbonyl (C=O) groups excluding carboxylic acids is 1. The Morgan fingerprint density at radius 3 is 2.58 bits per heavy atom. The van der Waals surface area contributed by atoms with Crippen LogP contribution in [0.15, 0.2) is 71.8 Å². The van der Waals surface area contributed by atoms with Crippen molar-refractivity contribution in [2.75, 3.05) is 13.1 Å². The molecule has 1 amide bonds. The van der Waals surface area contributed by atoms with Crippen LogP contribution in [-0.2, 0) is 17.9 Å². The van der Waals surface area contributed by atoms with Crippen molar-refractivity contribution < 1.29 is 4.79 Å². The zero-order valence-electron chi connectivity index (χ0n) is 17.3. The van der Waals surface area contributed by atoms with Crippen LogP contribution in [0.1, 0.15) is 18.4 Å². The maximum absolute atomic E-state index is 13.0. The number of rotatable bonds is 5. The fraction of sp³-hybridized carbons (Fsp3) is 0.292. The van der Waals surface area contributed by atoms with Crippen LogP contribution in [0.25, 0.3) is 16.7 Å². The minimum absolute atomic E-state index is 0.0295. The van der Waals surface area contributed by atoms with Crippen molar-refractivity contribution in [1.29, 1.82) is 0 Å². The molecule has 0 atom stereocenters. The number of piperidine rings is 1. The fourth-order valence-electron chi connectivity index (χ4n) is 4.42. The Balaban J connectivity index is 1.26. The largest absolute Gasteiger partial charge is 0.352 e. The van der Waals surface area contributed by atoms with Crippen LogP contribution in [0.3, 0.4) is 0 Å². The molecule has 1 saturated heterocycles. The Kier molecular flexibility index (Phi) is 5.26. The van der Waals surface area contributed by atoms with E-state index in [1.165, 1.54) is 10.1 Å². The molecular formula is C24H25N5O2. The summed E-state index contributed by atoms with van der Waals surface area (Å²) in [6, 6.07) is 17.9. The minimum Gasteiger partial charge on any atom is -0.352 e. The third-order valence-corrected chi connectivity index (χ3v) is 6.00. The lowest BCUT2D eigenvalue weighted by molar-refractivity contribution is -0.122. The number of hydrogen-bond donors (Lipinski definition) is 1. The van der Waals surface area contributed by atoms with Crippen molar-refractivity contribution in [3.8, 4) is 0 Å². The SMILES string of the molecule is O=C(Cn1c(=O)c2cccn2c2cccnc21)NC1CCN(Cc2ccccc2)CC1. The number of amides is 1. The standard InChI is InChI=1S/C24H25N5O2/c30-22(26-19-10-14-27(15-11-19)16-18-6-2-1-3-7-18)17-29-23-20(8-4-12-25-23)28-13-5-9-21(28)24(29)31/h1-9,12-13,19H,10-11,14-17H2,(H,26,30). The molecule has 5 rings (SSSR count). The van der Waals surface area contributed by atoms with Crippen LogP contribution in [0, 0.1) is 0 Å². The van der Waals surface area contributed by atoms with Gasteiger partial charge in [0.1, 0.15) is 12.1 Å². The summed E-state index contributed by atoms with van der Waals surface area (Å²) >= 11 is 0. The molecule has 31 heavy (non-hydrogen) atoms. The smallest absolute Gasteiger partial charge is 0.276 e. The Morgan fingerprint density at radius 1 is 1.00 bits per heavy atom. The topological polar surface area (TPSA) is 71.6 Å². The predicted octanol–water partition coefficient (Wildman–Crippen LogP) is 2.43. The molecule has 1 aromatic carbocycles. The quantitative estimate of drug-likeness (QED) is 0.544. The minimum atomic E-state index is -0.205. The molecule has 0 bridgehead atoms. The number of carbonyl (C=O) groups is 1. The van der Waals surface area contributed by atoms with E-state index < -0.39 is 0 Å². The summed E-state index contributed by atoms with van der Waals surface area (Å²) in [5, 5.41) is 3.13. The molecular weight excluding hydrogens is 390 g/mol. The van der Waals surface area contributed by atoms with Crippen LogP contribution < -0.4 is 10.9 Å². The monoisotopic (exact) mass is 415 g/mol. The van der Waals surface area contributed by atoms with Gasteiger partial charge in [-0.05, 0) is 42.7 Å². The molecule has 0 saturated carbocycles. The Morgan fingerprint density at radius 2 is 1.77 bits per heavy atom. The second-order valence-corrected chi connectivity index (χ2v) is 8.10. The Hall–Kier alpha value is -3.45. The van der Waals surface area contributed by atoms with Crippen molar-refractivity contribution in [2.24, 2.45) is 0 Å². The van der Waals surface area contributed by atoms with Crippen LogP contribution in [-0.4, -0.2) is 43.9 Å². The summed E-state index contributed by atoms with van der Waals surface area (Å²) in [7, 11) is 0. The van der Waals surface area contributed by atoms with E-state index >= 15 is 0 Å². The third kappa shape index (κ3) is 3.96. The van der Waals surface area contributed by atoms with Gasteiger partial charge in [-0.3, -0.25) is 19.1 Å². The summed E-state index contributed by atoms with van der Waals surface area (Å²) in [5.41, 5.74) is 2.98. The first kappa shape index (κ1) is 19.5. The van der Waals surface area contributed by atoms with E-state index in [0.29, 0.717) is 11.2 Å². The summed E-state index contributed by atoms with van der Waals surface area (Å²) in [6.07, 6.45) is 5.30. The van der Waals surface area contributed by atoms with Gasteiger partial charge in [-0.2, -0.15) is 0 Å². The maximum Gasteiger partial charge on any atom is 0.276 e. The van der Waals surface area contributed by atoms with Crippen molar-refractivity contribution in [3.05, 3.63) is 82.9 Å². The number of pyridine rings is 1. The zero-order valence-corrected chi connectivity index (χ0v) is 17.3. The van der Waals surface area contributed by atoms with E-state index in [2.05, 4.69) is 39.5 Å². The van der Waals surface area contributed by atoms with E-state index in [9.17, 15) is 9.59 Å². The predicted molar refractivity (Wildman–Crippen MR) is 120 cm³/mol. The van der Waals surface area contributed by atoms with Crippen molar-refractivity contribution in [3.63, 3.8) is 0 Å². The van der Waals surface area contributed by atoms with Crippen molar-refractivity contribution in [1.82, 2.24) is 24.2 Å². The number of benzene rings is 1. The van der Waals surface area contributed by atoms with E-state index in [0.717, 1.165) is 38.0 Å². The normalized spacial score (nSPS) is 15.5. The van der Waals surface area contributed by atoms with E-state index in [4.69, 9.17) is 0 Å². The van der Waals surface area contributed by atoms with Gasteiger partial charge in [0.2, 0.25) is 5.91 Å². The molecule has 3 aromatic heterocycles. The van der Waals surface area contributed by atoms with E-state index in [1.54, 1.807) is 12.3 Å². The maximum atomic E-state index is 13.0. The lowest BCUT2D eigenvalue weighted by atomic mass is 10.0. The fourth-order valence-corrected chi connectivity index (χ4v) is 4.42. The first-order valence-corrected chi connectivity index (χ1v) is 10.7. The highest BCUT2D eigenvalue weighted by molar-refractivity contribution is 5.80. The lowest BCUT2D eigenvalue weighted by Gasteiger charge is -2.32. The average Bonchev–Trinajstić information content (AvgIpc) is 3.29. The first-order chi connectivity index (χ1) is 15.2. The highest BCUT2D eigenvalue weighted by atomic mass is 16.2. The van der Waals surface area contributed by atoms with Crippen LogP contribution in [0.2, 0.25) is 0 Å². The molecule has 4 heterocycles. The summed E-state index contributed by atoms with van der Waals surface area (Å²) < 4.78 is 3.30. The molecule has 0 radical (unpaired) electrons. The van der Waals surface area contributed by atoms with Gasteiger partial charge in [0.25, 0.3) is 5.56 Å². The molecule has 1 fully saturated rings. The average molecular weight is 415 g/mol. The highest BCUT2D eigenvalue weighted by Crippen LogP contribution is 2.15. The zero-order chi connectivity index (χ0) is 21.2. The van der Waals surface area contributed by atoms with E-state index in [-0.39, 0.29) is 24.1 Å². The Bertz CT molecular complexity index is 1270. The molecule has 1 aliphatic rings. The van der Waals surface area contributed by atoms with Gasteiger partial charge in [0, 0.05) is 38.1 Å². The van der Waals surface area contributed by atoms with Crippen LogP contribution in [0.4, 0.5) is 0 Å². The number of nitrogens with zero attached hydrogens (tertiary/aromatic N) is 4. The highest BCUT2D eigenvalue weighted by Gasteiger charge is 2.22. The number of fused-ring (bicyclic) bond motifs is 3. The second-order valence-electron chi connectivity index (χ2n) is 8.10. The molecule has 0 aliphatic carbocycles. The summed E-state index contributed by atoms with van der Waals surface area (Å²) in [5.74, 6) is -0.147. The van der Waals surface area contributed by atoms with Gasteiger partial charge in [-0.1, -0.05) is 30.3 Å². The molecule has 7 heteroatoms. The van der Waals surface area contributed by atoms with Gasteiger partial charge < -0.3 is 9.72 Å². The number of aromatic nitrogens is 3. The first-order valence-electron chi connectivity index (χ1n) is 10.7. The lowest BCUT2D eigenvalue weighted by Crippen LogP contribution is -2.45. The molecule has 158 valence electrons. The van der Waals surface area contributed by atoms with Crippen molar-refractivity contribution in [2.45, 2.75) is 32.0 Å². The third-order valence-electron chi connectivity index (χ3n) is 6.00. The number of likely N-dealkylation sites (tertiary alicyclic amines) is 1. The van der Waals surface area contributed by atoms with Gasteiger partial charge in [-0.15, -0.1) is 0 Å². The molecule has 1 N–H and O–H groups in total. The molecule has 1 aliphatic heterocycles. The molecule has 0 spiro atoms. The van der Waals surface area contributed by atoms with Crippen LogP contribution in [0.5, 0.6) is 0 Å². The molecule has 7 nitrogen and oxygen atoms in total. The van der Waals surface area contributed by atoms with Gasteiger partial charge in [-0.25, -0.2) is 4.98 Å². The second kappa shape index (κ2) is 8.35. The van der Waals surface area contributed by atoms with Crippen LogP contribution >= 0.6 is 0 Å². The summed E-state index contributed by atoms with van der Waals surface area (Å²) in [6.45, 7) is 2.80. The number of nitrogens with one attached hydrogen (secondary N) is 1. The molecule has 4 aromatic rings. The Labute approximate surface area is 179 Å². The van der Waals surface area contributed by atoms with Gasteiger partial charge in [0.05, 0.1) is 5.52 Å².